The highest BCUT2D eigenvalue weighted by molar-refractivity contribution is 7.47. The molecule has 37 heavy (non-hydrogen) atoms. The first-order valence-corrected chi connectivity index (χ1v) is 17.0. The molecule has 0 aromatic heterocycles. The van der Waals surface area contributed by atoms with Crippen LogP contribution in [0.5, 0.6) is 0 Å². The Balaban J connectivity index is 2.11. The summed E-state index contributed by atoms with van der Waals surface area (Å²) in [6.07, 6.45) is 21.5. The van der Waals surface area contributed by atoms with Gasteiger partial charge in [0.15, 0.2) is 0 Å². The number of hydrogen-bond acceptors (Lipinski definition) is 5. The van der Waals surface area contributed by atoms with E-state index >= 15 is 0 Å². The van der Waals surface area contributed by atoms with Crippen molar-refractivity contribution < 1.29 is 32.9 Å². The molecule has 8 heteroatoms. The highest BCUT2D eigenvalue weighted by Gasteiger charge is 2.39. The van der Waals surface area contributed by atoms with Crippen LogP contribution < -0.4 is 4.90 Å². The minimum atomic E-state index is -4.14. The Kier molecular flexibility index (Phi) is 20.6. The fraction of sp³-hybridized carbons (Fsp3) is 1.00. The minimum Gasteiger partial charge on any atom is -0.378 e. The van der Waals surface area contributed by atoms with Gasteiger partial charge in [-0.3, -0.25) is 9.05 Å². The van der Waals surface area contributed by atoms with E-state index < -0.39 is 13.4 Å². The third-order valence-corrected chi connectivity index (χ3v) is 8.41. The molecule has 1 aliphatic heterocycles. The van der Waals surface area contributed by atoms with Crippen LogP contribution in [0.2, 0.25) is 0 Å². The van der Waals surface area contributed by atoms with Gasteiger partial charge in [-0.2, -0.15) is 0 Å². The lowest BCUT2D eigenvalue weighted by molar-refractivity contribution is -0.858. The van der Waals surface area contributed by atoms with Crippen LogP contribution in [0.15, 0.2) is 0 Å². The van der Waals surface area contributed by atoms with Gasteiger partial charge < -0.3 is 19.3 Å². The van der Waals surface area contributed by atoms with E-state index in [2.05, 4.69) is 21.0 Å². The molecule has 1 saturated heterocycles. The minimum absolute atomic E-state index is 0.0227. The summed E-state index contributed by atoms with van der Waals surface area (Å²) in [6, 6.07) is 0. The van der Waals surface area contributed by atoms with Gasteiger partial charge in [0.2, 0.25) is 0 Å². The highest BCUT2D eigenvalue weighted by Crippen LogP contribution is 2.47. The summed E-state index contributed by atoms with van der Waals surface area (Å²) in [5.74, 6) is 0. The molecule has 222 valence electrons. The molecule has 0 spiro atoms. The van der Waals surface area contributed by atoms with Crippen LogP contribution >= 0.6 is 7.82 Å². The van der Waals surface area contributed by atoms with Gasteiger partial charge in [-0.05, 0) is 25.7 Å². The largest absolute Gasteiger partial charge is 0.472 e. The molecular formula is C29H61NO6P+. The molecule has 2 N–H and O–H groups in total. The van der Waals surface area contributed by atoms with Crippen LogP contribution in [-0.2, 0) is 23.1 Å². The van der Waals surface area contributed by atoms with Gasteiger partial charge in [0, 0.05) is 19.6 Å². The van der Waals surface area contributed by atoms with E-state index in [4.69, 9.17) is 18.5 Å². The maximum absolute atomic E-state index is 12.6. The molecule has 7 nitrogen and oxygen atoms in total. The van der Waals surface area contributed by atoms with Crippen LogP contribution in [0.4, 0.5) is 0 Å². The fourth-order valence-corrected chi connectivity index (χ4v) is 5.97. The third kappa shape index (κ3) is 18.8. The molecule has 0 aromatic carbocycles. The Bertz CT molecular complexity index is 571. The van der Waals surface area contributed by atoms with Crippen molar-refractivity contribution in [2.45, 2.75) is 141 Å². The van der Waals surface area contributed by atoms with E-state index in [1.54, 1.807) is 0 Å². The van der Waals surface area contributed by atoms with Crippen LogP contribution in [0, 0.1) is 0 Å². The Morgan fingerprint density at radius 2 is 1.46 bits per heavy atom. The summed E-state index contributed by atoms with van der Waals surface area (Å²) in [5.41, 5.74) is -0.646. The lowest BCUT2D eigenvalue weighted by Crippen LogP contribution is -3.05. The zero-order valence-corrected chi connectivity index (χ0v) is 25.7. The molecule has 0 saturated carbocycles. The zero-order valence-electron chi connectivity index (χ0n) is 24.8. The lowest BCUT2D eigenvalue weighted by Gasteiger charge is -2.29. The predicted molar refractivity (Wildman–Crippen MR) is 152 cm³/mol. The Morgan fingerprint density at radius 3 is 1.95 bits per heavy atom. The summed E-state index contributed by atoms with van der Waals surface area (Å²) in [5, 5.41) is 0. The molecule has 0 radical (unpaired) electrons. The molecule has 1 heterocycles. The van der Waals surface area contributed by atoms with Crippen molar-refractivity contribution in [2.24, 2.45) is 0 Å². The number of quaternary nitrogens is 1. The van der Waals surface area contributed by atoms with Crippen LogP contribution in [0.25, 0.3) is 0 Å². The number of phosphoric acid groups is 1. The summed E-state index contributed by atoms with van der Waals surface area (Å²) >= 11 is 0. The molecule has 3 atom stereocenters. The van der Waals surface area contributed by atoms with Crippen molar-refractivity contribution in [3.05, 3.63) is 0 Å². The normalized spacial score (nSPS) is 20.5. The maximum atomic E-state index is 12.6. The Hall–Kier alpha value is -0.0100. The van der Waals surface area contributed by atoms with Crippen LogP contribution in [0.3, 0.4) is 0 Å². The SMILES string of the molecule is CCCCCCCCCCCCCCCCOCC1(COP(=O)(O)OC(CC)CC[NH+](C)C)CCCO1. The average molecular weight is 551 g/mol. The monoisotopic (exact) mass is 550 g/mol. The highest BCUT2D eigenvalue weighted by atomic mass is 31.2. The van der Waals surface area contributed by atoms with Gasteiger partial charge in [0.25, 0.3) is 0 Å². The third-order valence-electron chi connectivity index (χ3n) is 7.39. The first kappa shape index (κ1) is 35.0. The van der Waals surface area contributed by atoms with E-state index in [1.807, 2.05) is 6.92 Å². The van der Waals surface area contributed by atoms with Crippen molar-refractivity contribution in [2.75, 3.05) is 47.1 Å². The number of nitrogens with one attached hydrogen (secondary N) is 1. The number of rotatable bonds is 26. The molecule has 3 unspecified atom stereocenters. The molecule has 0 bridgehead atoms. The van der Waals surface area contributed by atoms with E-state index in [1.165, 1.54) is 88.4 Å². The smallest absolute Gasteiger partial charge is 0.378 e. The van der Waals surface area contributed by atoms with Crippen molar-refractivity contribution in [3.8, 4) is 0 Å². The second-order valence-corrected chi connectivity index (χ2v) is 12.8. The van der Waals surface area contributed by atoms with Gasteiger partial charge in [-0.15, -0.1) is 0 Å². The van der Waals surface area contributed by atoms with Gasteiger partial charge in [0.05, 0.1) is 40.0 Å². The quantitative estimate of drug-likeness (QED) is 0.0948. The van der Waals surface area contributed by atoms with Crippen LogP contribution in [0.1, 0.15) is 129 Å². The average Bonchev–Trinajstić information content (AvgIpc) is 3.34. The number of phosphoric ester groups is 1. The van der Waals surface area contributed by atoms with E-state index in [0.29, 0.717) is 26.2 Å². The summed E-state index contributed by atoms with van der Waals surface area (Å²) in [4.78, 5) is 11.6. The van der Waals surface area contributed by atoms with Gasteiger partial charge >= 0.3 is 7.82 Å². The van der Waals surface area contributed by atoms with E-state index in [0.717, 1.165) is 32.2 Å². The molecule has 0 amide bonds. The summed E-state index contributed by atoms with van der Waals surface area (Å²) in [7, 11) is -0.0266. The standard InChI is InChI=1S/C29H60NO6P/c1-5-7-8-9-10-11-12-13-14-15-16-17-18-19-24-33-26-29(22-20-25-34-29)27-35-37(31,32)36-28(6-2)21-23-30(3)4/h28H,5-27H2,1-4H3,(H,31,32)/p+1. The first-order valence-electron chi connectivity index (χ1n) is 15.5. The lowest BCUT2D eigenvalue weighted by atomic mass is 10.0. The van der Waals surface area contributed by atoms with Crippen LogP contribution in [-0.4, -0.2) is 63.7 Å². The van der Waals surface area contributed by atoms with Crippen molar-refractivity contribution >= 4 is 7.82 Å². The van der Waals surface area contributed by atoms with Crippen molar-refractivity contribution in [1.82, 2.24) is 0 Å². The van der Waals surface area contributed by atoms with E-state index in [9.17, 15) is 9.46 Å². The first-order chi connectivity index (χ1) is 17.8. The van der Waals surface area contributed by atoms with Gasteiger partial charge in [0.1, 0.15) is 5.60 Å². The molecule has 0 aliphatic carbocycles. The fourth-order valence-electron chi connectivity index (χ4n) is 4.88. The van der Waals surface area contributed by atoms with Crippen molar-refractivity contribution in [3.63, 3.8) is 0 Å². The Labute approximate surface area is 229 Å². The number of ether oxygens (including phenoxy) is 2. The van der Waals surface area contributed by atoms with Gasteiger partial charge in [-0.1, -0.05) is 97.3 Å². The molecule has 0 aromatic rings. The molecular weight excluding hydrogens is 489 g/mol. The van der Waals surface area contributed by atoms with Crippen molar-refractivity contribution in [1.29, 1.82) is 0 Å². The second kappa shape index (κ2) is 21.8. The predicted octanol–water partition coefficient (Wildman–Crippen LogP) is 6.48. The van der Waals surface area contributed by atoms with E-state index in [-0.39, 0.29) is 12.7 Å². The maximum Gasteiger partial charge on any atom is 0.472 e. The molecule has 1 rings (SSSR count). The Morgan fingerprint density at radius 1 is 0.892 bits per heavy atom. The van der Waals surface area contributed by atoms with Gasteiger partial charge in [-0.25, -0.2) is 4.57 Å². The second-order valence-electron chi connectivity index (χ2n) is 11.4. The molecule has 1 fully saturated rings. The summed E-state index contributed by atoms with van der Waals surface area (Å²) < 4.78 is 35.3. The molecule has 1 aliphatic rings. The zero-order chi connectivity index (χ0) is 27.2. The summed E-state index contributed by atoms with van der Waals surface area (Å²) in [6.45, 7) is 6.85. The number of hydrogen-bond donors (Lipinski definition) is 2. The number of unbranched alkanes of at least 4 members (excludes halogenated alkanes) is 13. The topological polar surface area (TPSA) is 78.7 Å².